The summed E-state index contributed by atoms with van der Waals surface area (Å²) in [5.74, 6) is 1.03. The summed E-state index contributed by atoms with van der Waals surface area (Å²) in [6.45, 7) is 13.3. The highest BCUT2D eigenvalue weighted by Crippen LogP contribution is 2.61. The van der Waals surface area contributed by atoms with Crippen molar-refractivity contribution in [3.05, 3.63) is 156 Å². The van der Waals surface area contributed by atoms with Gasteiger partial charge in [0.15, 0.2) is 0 Å². The third-order valence-corrected chi connectivity index (χ3v) is 15.9. The molecular formula is C72H110O6. The van der Waals surface area contributed by atoms with Crippen molar-refractivity contribution >= 4 is 6.15 Å². The summed E-state index contributed by atoms with van der Waals surface area (Å²) >= 11 is 0. The van der Waals surface area contributed by atoms with Gasteiger partial charge in [0.05, 0.1) is 26.4 Å². The van der Waals surface area contributed by atoms with Gasteiger partial charge in [0.2, 0.25) is 0 Å². The molecule has 0 heterocycles. The van der Waals surface area contributed by atoms with Crippen LogP contribution in [0.15, 0.2) is 133 Å². The highest BCUT2D eigenvalue weighted by atomic mass is 16.5. The van der Waals surface area contributed by atoms with Gasteiger partial charge in [0.1, 0.15) is 0 Å². The minimum absolute atomic E-state index is 0.250. The summed E-state index contributed by atoms with van der Waals surface area (Å²) < 4.78 is 23.2. The first-order chi connectivity index (χ1) is 38.6. The van der Waals surface area contributed by atoms with Gasteiger partial charge in [0, 0.05) is 26.4 Å². The molecule has 6 nitrogen and oxygen atoms in total. The molecule has 1 unspecified atom stereocenters. The molecule has 4 aromatic rings. The summed E-state index contributed by atoms with van der Waals surface area (Å²) in [5.41, 5.74) is 7.31. The SMILES string of the molecule is C=C(CCCCCCCCCOCc1ccccc1)CCCCCCCCCOCc1ccccc1.CCC1CC1(CCCCCCCCCOCc1ccccc1)CCCCCCCCCOCc1ccccc1.O=C=O. The van der Waals surface area contributed by atoms with E-state index in [2.05, 4.69) is 135 Å². The molecule has 1 saturated carbocycles. The molecule has 1 aliphatic rings. The highest BCUT2D eigenvalue weighted by Gasteiger charge is 2.50. The van der Waals surface area contributed by atoms with Gasteiger partial charge < -0.3 is 18.9 Å². The number of benzene rings is 4. The predicted molar refractivity (Wildman–Crippen MR) is 327 cm³/mol. The van der Waals surface area contributed by atoms with Crippen LogP contribution in [0.3, 0.4) is 0 Å². The maximum absolute atomic E-state index is 8.12. The zero-order chi connectivity index (χ0) is 55.3. The first-order valence-corrected chi connectivity index (χ1v) is 31.7. The molecule has 0 bridgehead atoms. The van der Waals surface area contributed by atoms with Gasteiger partial charge in [-0.1, -0.05) is 288 Å². The molecule has 1 aliphatic carbocycles. The zero-order valence-electron chi connectivity index (χ0n) is 49.5. The summed E-state index contributed by atoms with van der Waals surface area (Å²) in [7, 11) is 0. The Labute approximate surface area is 477 Å². The van der Waals surface area contributed by atoms with Crippen LogP contribution in [0.1, 0.15) is 247 Å². The fourth-order valence-electron chi connectivity index (χ4n) is 11.0. The second-order valence-electron chi connectivity index (χ2n) is 22.6. The van der Waals surface area contributed by atoms with Crippen molar-refractivity contribution < 1.29 is 28.5 Å². The third kappa shape index (κ3) is 38.4. The molecule has 1 fully saturated rings. The van der Waals surface area contributed by atoms with Crippen LogP contribution in [-0.4, -0.2) is 32.6 Å². The minimum atomic E-state index is 0.250. The molecule has 1 atom stereocenters. The van der Waals surface area contributed by atoms with Crippen LogP contribution in [0, 0.1) is 11.3 Å². The van der Waals surface area contributed by atoms with E-state index in [9.17, 15) is 0 Å². The van der Waals surface area contributed by atoms with E-state index < -0.39 is 0 Å². The number of rotatable bonds is 49. The van der Waals surface area contributed by atoms with Gasteiger partial charge >= 0.3 is 6.15 Å². The Kier molecular flexibility index (Phi) is 43.5. The molecule has 0 radical (unpaired) electrons. The van der Waals surface area contributed by atoms with Crippen molar-refractivity contribution in [3.8, 4) is 0 Å². The first kappa shape index (κ1) is 68.1. The largest absolute Gasteiger partial charge is 0.377 e. The number of carbonyl (C=O) groups excluding carboxylic acids is 2. The van der Waals surface area contributed by atoms with Crippen molar-refractivity contribution in [2.24, 2.45) is 11.3 Å². The highest BCUT2D eigenvalue weighted by molar-refractivity contribution is 5.20. The lowest BCUT2D eigenvalue weighted by molar-refractivity contribution is -0.191. The van der Waals surface area contributed by atoms with Crippen LogP contribution in [0.5, 0.6) is 0 Å². The standard InChI is InChI=1S/C37H58O2.C34H52O2.CO2/c1-2-36-31-37(36,27-19-9-5-3-7-11-21-29-38-32-34-23-15-13-16-24-34)28-20-10-6-4-8-12-22-30-39-33-35-25-17-14-18-26-35;1-32(22-14-8-4-2-6-10-20-28-35-30-33-24-16-12-17-25-33)23-15-9-5-3-7-11-21-29-36-31-34-26-18-13-19-27-34;2-1-3/h13-18,23-26,36H,2-12,19-22,27-33H2,1H3;12-13,16-19,24-27H,1-11,14-15,20-23,28-31H2;. The number of hydrogen-bond donors (Lipinski definition) is 0. The third-order valence-electron chi connectivity index (χ3n) is 15.9. The summed E-state index contributed by atoms with van der Waals surface area (Å²) in [5, 5.41) is 0. The number of unbranched alkanes of at least 4 members (excludes halogenated alkanes) is 24. The number of ether oxygens (including phenoxy) is 4. The van der Waals surface area contributed by atoms with Gasteiger partial charge in [0.25, 0.3) is 0 Å². The van der Waals surface area contributed by atoms with E-state index in [4.69, 9.17) is 28.5 Å². The lowest BCUT2D eigenvalue weighted by Crippen LogP contribution is -2.05. The van der Waals surface area contributed by atoms with E-state index >= 15 is 0 Å². The summed E-state index contributed by atoms with van der Waals surface area (Å²) in [6, 6.07) is 41.9. The van der Waals surface area contributed by atoms with Crippen LogP contribution < -0.4 is 0 Å². The average Bonchev–Trinajstić information content (AvgIpc) is 4.22. The van der Waals surface area contributed by atoms with Crippen LogP contribution >= 0.6 is 0 Å². The van der Waals surface area contributed by atoms with Crippen LogP contribution in [-0.2, 0) is 55.0 Å². The van der Waals surface area contributed by atoms with E-state index in [0.717, 1.165) is 64.2 Å². The van der Waals surface area contributed by atoms with Crippen LogP contribution in [0.4, 0.5) is 0 Å². The molecule has 0 aromatic heterocycles. The normalized spacial score (nSPS) is 13.2. The predicted octanol–water partition coefficient (Wildman–Crippen LogP) is 20.7. The minimum Gasteiger partial charge on any atom is -0.377 e. The van der Waals surface area contributed by atoms with Gasteiger partial charge in [-0.25, -0.2) is 0 Å². The van der Waals surface area contributed by atoms with E-state index in [1.807, 2.05) is 0 Å². The first-order valence-electron chi connectivity index (χ1n) is 31.7. The summed E-state index contributed by atoms with van der Waals surface area (Å²) in [6.07, 6.45) is 46.4. The van der Waals surface area contributed by atoms with E-state index in [1.165, 1.54) is 246 Å². The summed E-state index contributed by atoms with van der Waals surface area (Å²) in [4.78, 5) is 16.2. The Hall–Kier alpha value is -4.16. The fraction of sp³-hybridized carbons (Fsp3) is 0.625. The van der Waals surface area contributed by atoms with Gasteiger partial charge in [-0.2, -0.15) is 9.59 Å². The second kappa shape index (κ2) is 49.8. The van der Waals surface area contributed by atoms with Crippen LogP contribution in [0.25, 0.3) is 0 Å². The second-order valence-corrected chi connectivity index (χ2v) is 22.6. The monoisotopic (exact) mass is 1070 g/mol. The van der Waals surface area contributed by atoms with Gasteiger partial charge in [-0.3, -0.25) is 0 Å². The molecule has 434 valence electrons. The van der Waals surface area contributed by atoms with Crippen molar-refractivity contribution in [2.45, 2.75) is 252 Å². The smallest absolute Gasteiger partial charge is 0.373 e. The molecular weight excluding hydrogens is 961 g/mol. The number of hydrogen-bond acceptors (Lipinski definition) is 6. The molecule has 0 amide bonds. The molecule has 0 spiro atoms. The Morgan fingerprint density at radius 3 is 0.859 bits per heavy atom. The molecule has 0 N–H and O–H groups in total. The van der Waals surface area contributed by atoms with Crippen molar-refractivity contribution in [2.75, 3.05) is 26.4 Å². The van der Waals surface area contributed by atoms with Crippen molar-refractivity contribution in [3.63, 3.8) is 0 Å². The fourth-order valence-corrected chi connectivity index (χ4v) is 11.0. The maximum Gasteiger partial charge on any atom is 0.373 e. The Morgan fingerprint density at radius 1 is 0.385 bits per heavy atom. The Morgan fingerprint density at radius 2 is 0.615 bits per heavy atom. The lowest BCUT2D eigenvalue weighted by Gasteiger charge is -2.17. The molecule has 5 rings (SSSR count). The molecule has 0 saturated heterocycles. The van der Waals surface area contributed by atoms with E-state index in [0.29, 0.717) is 0 Å². The van der Waals surface area contributed by atoms with Crippen LogP contribution in [0.2, 0.25) is 0 Å². The molecule has 0 aliphatic heterocycles. The van der Waals surface area contributed by atoms with Crippen molar-refractivity contribution in [1.82, 2.24) is 0 Å². The molecule has 6 heteroatoms. The molecule has 4 aromatic carbocycles. The van der Waals surface area contributed by atoms with E-state index in [-0.39, 0.29) is 6.15 Å². The average molecular weight is 1070 g/mol. The Bertz CT molecular complexity index is 1810. The topological polar surface area (TPSA) is 71.1 Å². The van der Waals surface area contributed by atoms with Gasteiger partial charge in [-0.05, 0) is 104 Å². The van der Waals surface area contributed by atoms with Crippen molar-refractivity contribution in [1.29, 1.82) is 0 Å². The number of allylic oxidation sites excluding steroid dienone is 1. The quantitative estimate of drug-likeness (QED) is 0.0324. The maximum atomic E-state index is 8.12. The lowest BCUT2D eigenvalue weighted by atomic mass is 9.88. The Balaban J connectivity index is 0.000000392. The van der Waals surface area contributed by atoms with E-state index in [1.54, 1.807) is 0 Å². The van der Waals surface area contributed by atoms with Gasteiger partial charge in [-0.15, -0.1) is 0 Å². The zero-order valence-corrected chi connectivity index (χ0v) is 49.5. The molecule has 78 heavy (non-hydrogen) atoms.